The SMILES string of the molecule is CCOC(=O)C1C(C=C(C)C(=O)O)C1(C)C. The van der Waals surface area contributed by atoms with Gasteiger partial charge in [-0.15, -0.1) is 0 Å². The van der Waals surface area contributed by atoms with Gasteiger partial charge in [0.15, 0.2) is 0 Å². The molecule has 0 heterocycles. The second kappa shape index (κ2) is 4.28. The van der Waals surface area contributed by atoms with E-state index in [9.17, 15) is 9.59 Å². The van der Waals surface area contributed by atoms with Crippen molar-refractivity contribution in [3.8, 4) is 0 Å². The van der Waals surface area contributed by atoms with Crippen LogP contribution in [0.5, 0.6) is 0 Å². The molecular formula is C12H18O4. The number of carboxylic acid groups (broad SMARTS) is 1. The van der Waals surface area contributed by atoms with Gasteiger partial charge in [-0.2, -0.15) is 0 Å². The molecule has 0 aromatic heterocycles. The maximum atomic E-state index is 11.6. The quantitative estimate of drug-likeness (QED) is 0.587. The first-order valence-corrected chi connectivity index (χ1v) is 5.40. The van der Waals surface area contributed by atoms with Gasteiger partial charge in [0.25, 0.3) is 0 Å². The topological polar surface area (TPSA) is 63.6 Å². The molecule has 0 aromatic rings. The normalized spacial score (nSPS) is 27.4. The van der Waals surface area contributed by atoms with Gasteiger partial charge in [-0.3, -0.25) is 4.79 Å². The molecule has 16 heavy (non-hydrogen) atoms. The Morgan fingerprint density at radius 3 is 2.44 bits per heavy atom. The number of hydrogen-bond acceptors (Lipinski definition) is 3. The predicted octanol–water partition coefficient (Wildman–Crippen LogP) is 1.85. The number of ether oxygens (including phenoxy) is 1. The first kappa shape index (κ1) is 12.7. The van der Waals surface area contributed by atoms with Gasteiger partial charge in [0.05, 0.1) is 12.5 Å². The Labute approximate surface area is 95.3 Å². The van der Waals surface area contributed by atoms with Gasteiger partial charge in [-0.1, -0.05) is 19.9 Å². The third-order valence-corrected chi connectivity index (χ3v) is 3.22. The lowest BCUT2D eigenvalue weighted by Crippen LogP contribution is -2.10. The Bertz CT molecular complexity index is 341. The van der Waals surface area contributed by atoms with E-state index in [4.69, 9.17) is 9.84 Å². The Morgan fingerprint density at radius 2 is 2.00 bits per heavy atom. The van der Waals surface area contributed by atoms with E-state index >= 15 is 0 Å². The standard InChI is InChI=1S/C12H18O4/c1-5-16-11(15)9-8(12(9,3)4)6-7(2)10(13)14/h6,8-9H,5H2,1-4H3,(H,13,14). The summed E-state index contributed by atoms with van der Waals surface area (Å²) in [6.45, 7) is 7.56. The lowest BCUT2D eigenvalue weighted by atomic mass is 10.1. The van der Waals surface area contributed by atoms with Crippen molar-refractivity contribution in [3.05, 3.63) is 11.6 Å². The van der Waals surface area contributed by atoms with Crippen molar-refractivity contribution >= 4 is 11.9 Å². The van der Waals surface area contributed by atoms with Gasteiger partial charge in [0.1, 0.15) is 0 Å². The zero-order valence-corrected chi connectivity index (χ0v) is 10.1. The zero-order chi connectivity index (χ0) is 12.5. The minimum absolute atomic E-state index is 0.0253. The van der Waals surface area contributed by atoms with Crippen LogP contribution >= 0.6 is 0 Å². The molecule has 4 heteroatoms. The van der Waals surface area contributed by atoms with E-state index in [1.807, 2.05) is 13.8 Å². The van der Waals surface area contributed by atoms with Crippen LogP contribution in [0.1, 0.15) is 27.7 Å². The van der Waals surface area contributed by atoms with Crippen LogP contribution in [0.15, 0.2) is 11.6 Å². The number of carboxylic acids is 1. The molecule has 90 valence electrons. The number of hydrogen-bond donors (Lipinski definition) is 1. The van der Waals surface area contributed by atoms with Crippen molar-refractivity contribution in [2.75, 3.05) is 6.61 Å². The molecule has 1 rings (SSSR count). The molecule has 2 unspecified atom stereocenters. The minimum Gasteiger partial charge on any atom is -0.478 e. The highest BCUT2D eigenvalue weighted by molar-refractivity contribution is 5.86. The highest BCUT2D eigenvalue weighted by atomic mass is 16.5. The van der Waals surface area contributed by atoms with Crippen LogP contribution < -0.4 is 0 Å². The summed E-state index contributed by atoms with van der Waals surface area (Å²) in [6, 6.07) is 0. The van der Waals surface area contributed by atoms with Crippen LogP contribution in [0, 0.1) is 17.3 Å². The van der Waals surface area contributed by atoms with Crippen LogP contribution in [0.25, 0.3) is 0 Å². The molecule has 0 aliphatic heterocycles. The highest BCUT2D eigenvalue weighted by Crippen LogP contribution is 2.59. The number of carbonyl (C=O) groups excluding carboxylic acids is 1. The van der Waals surface area contributed by atoms with Crippen LogP contribution in [-0.4, -0.2) is 23.7 Å². The third-order valence-electron chi connectivity index (χ3n) is 3.22. The maximum absolute atomic E-state index is 11.6. The number of carbonyl (C=O) groups is 2. The molecule has 0 bridgehead atoms. The molecular weight excluding hydrogens is 208 g/mol. The summed E-state index contributed by atoms with van der Waals surface area (Å²) in [7, 11) is 0. The molecule has 1 saturated carbocycles. The fraction of sp³-hybridized carbons (Fsp3) is 0.667. The van der Waals surface area contributed by atoms with Crippen LogP contribution in [0.2, 0.25) is 0 Å². The maximum Gasteiger partial charge on any atom is 0.330 e. The van der Waals surface area contributed by atoms with Crippen LogP contribution in [0.4, 0.5) is 0 Å². The predicted molar refractivity (Wildman–Crippen MR) is 58.8 cm³/mol. The summed E-state index contributed by atoms with van der Waals surface area (Å²) in [5, 5.41) is 8.77. The number of allylic oxidation sites excluding steroid dienone is 1. The van der Waals surface area contributed by atoms with Gasteiger partial charge in [0.2, 0.25) is 0 Å². The molecule has 1 fully saturated rings. The zero-order valence-electron chi connectivity index (χ0n) is 10.1. The van der Waals surface area contributed by atoms with Crippen molar-refractivity contribution in [2.24, 2.45) is 17.3 Å². The summed E-state index contributed by atoms with van der Waals surface area (Å²) in [6.07, 6.45) is 1.66. The third kappa shape index (κ3) is 2.26. The van der Waals surface area contributed by atoms with Gasteiger partial charge >= 0.3 is 11.9 Å². The summed E-state index contributed by atoms with van der Waals surface area (Å²) in [5.41, 5.74) is 0.0908. The van der Waals surface area contributed by atoms with E-state index in [2.05, 4.69) is 0 Å². The van der Waals surface area contributed by atoms with Crippen molar-refractivity contribution in [1.82, 2.24) is 0 Å². The molecule has 4 nitrogen and oxygen atoms in total. The molecule has 1 aliphatic rings. The van der Waals surface area contributed by atoms with Crippen LogP contribution in [-0.2, 0) is 14.3 Å². The fourth-order valence-corrected chi connectivity index (χ4v) is 2.01. The van der Waals surface area contributed by atoms with Crippen LogP contribution in [0.3, 0.4) is 0 Å². The van der Waals surface area contributed by atoms with Crippen molar-refractivity contribution in [2.45, 2.75) is 27.7 Å². The molecule has 1 N–H and O–H groups in total. The van der Waals surface area contributed by atoms with E-state index in [1.165, 1.54) is 0 Å². The second-order valence-corrected chi connectivity index (χ2v) is 4.73. The summed E-state index contributed by atoms with van der Waals surface area (Å²) in [4.78, 5) is 22.3. The Balaban J connectivity index is 2.75. The van der Waals surface area contributed by atoms with Gasteiger partial charge in [0, 0.05) is 5.57 Å². The molecule has 0 aromatic carbocycles. The number of rotatable bonds is 4. The lowest BCUT2D eigenvalue weighted by Gasteiger charge is -2.01. The van der Waals surface area contributed by atoms with E-state index < -0.39 is 5.97 Å². The summed E-state index contributed by atoms with van der Waals surface area (Å²) >= 11 is 0. The second-order valence-electron chi connectivity index (χ2n) is 4.73. The monoisotopic (exact) mass is 226 g/mol. The molecule has 2 atom stereocenters. The van der Waals surface area contributed by atoms with Crippen molar-refractivity contribution < 1.29 is 19.4 Å². The molecule has 1 aliphatic carbocycles. The fourth-order valence-electron chi connectivity index (χ4n) is 2.01. The first-order valence-electron chi connectivity index (χ1n) is 5.40. The largest absolute Gasteiger partial charge is 0.478 e. The Morgan fingerprint density at radius 1 is 1.44 bits per heavy atom. The van der Waals surface area contributed by atoms with Gasteiger partial charge < -0.3 is 9.84 Å². The molecule has 0 radical (unpaired) electrons. The number of aliphatic carboxylic acids is 1. The lowest BCUT2D eigenvalue weighted by molar-refractivity contribution is -0.145. The molecule has 0 amide bonds. The molecule has 0 saturated heterocycles. The summed E-state index contributed by atoms with van der Waals surface area (Å²) < 4.78 is 4.96. The van der Waals surface area contributed by atoms with E-state index in [0.29, 0.717) is 6.61 Å². The smallest absolute Gasteiger partial charge is 0.330 e. The average Bonchev–Trinajstić information content (AvgIpc) is 2.68. The van der Waals surface area contributed by atoms with Crippen molar-refractivity contribution in [1.29, 1.82) is 0 Å². The first-order chi connectivity index (χ1) is 7.32. The Kier molecular flexibility index (Phi) is 3.41. The summed E-state index contributed by atoms with van der Waals surface area (Å²) in [5.74, 6) is -1.40. The Hall–Kier alpha value is -1.32. The molecule has 0 spiro atoms. The van der Waals surface area contributed by atoms with E-state index in [1.54, 1.807) is 19.9 Å². The van der Waals surface area contributed by atoms with E-state index in [-0.39, 0.29) is 28.8 Å². The van der Waals surface area contributed by atoms with E-state index in [0.717, 1.165) is 0 Å². The van der Waals surface area contributed by atoms with Gasteiger partial charge in [-0.25, -0.2) is 4.79 Å². The highest BCUT2D eigenvalue weighted by Gasteiger charge is 2.61. The number of esters is 1. The minimum atomic E-state index is -0.940. The average molecular weight is 226 g/mol. The van der Waals surface area contributed by atoms with Crippen molar-refractivity contribution in [3.63, 3.8) is 0 Å². The van der Waals surface area contributed by atoms with Gasteiger partial charge in [-0.05, 0) is 25.2 Å².